The van der Waals surface area contributed by atoms with Crippen molar-refractivity contribution in [1.29, 1.82) is 5.41 Å². The Morgan fingerprint density at radius 3 is 2.60 bits per heavy atom. The van der Waals surface area contributed by atoms with Crippen molar-refractivity contribution in [1.82, 2.24) is 15.3 Å². The maximum Gasteiger partial charge on any atom is 0.414 e. The van der Waals surface area contributed by atoms with E-state index in [2.05, 4.69) is 15.1 Å². The highest BCUT2D eigenvalue weighted by molar-refractivity contribution is 7.90. The van der Waals surface area contributed by atoms with E-state index in [0.29, 0.717) is 37.4 Å². The van der Waals surface area contributed by atoms with Crippen LogP contribution >= 0.6 is 0 Å². The molecule has 1 aromatic carbocycles. The van der Waals surface area contributed by atoms with Crippen LogP contribution in [-0.2, 0) is 26.0 Å². The molecule has 0 bridgehead atoms. The van der Waals surface area contributed by atoms with E-state index in [1.165, 1.54) is 18.5 Å². The van der Waals surface area contributed by atoms with Crippen LogP contribution in [0.1, 0.15) is 18.4 Å². The maximum atomic E-state index is 15.0. The van der Waals surface area contributed by atoms with Crippen molar-refractivity contribution in [3.05, 3.63) is 42.0 Å². The van der Waals surface area contributed by atoms with Gasteiger partial charge in [-0.3, -0.25) is 10.7 Å². The van der Waals surface area contributed by atoms with Gasteiger partial charge in [0.25, 0.3) is 0 Å². The maximum absolute atomic E-state index is 15.0. The Labute approximate surface area is 201 Å². The Hall–Kier alpha value is -3.81. The molecule has 1 amide bonds. The van der Waals surface area contributed by atoms with Crippen molar-refractivity contribution in [3.8, 4) is 11.1 Å². The zero-order valence-corrected chi connectivity index (χ0v) is 19.8. The first-order valence-electron chi connectivity index (χ1n) is 10.6. The Kier molecular flexibility index (Phi) is 8.52. The molecule has 3 rings (SSSR count). The second kappa shape index (κ2) is 11.6. The van der Waals surface area contributed by atoms with Crippen LogP contribution in [0.2, 0.25) is 0 Å². The topological polar surface area (TPSA) is 173 Å². The zero-order chi connectivity index (χ0) is 25.4. The lowest BCUT2D eigenvalue weighted by Gasteiger charge is -2.27. The van der Waals surface area contributed by atoms with Crippen molar-refractivity contribution < 1.29 is 27.2 Å². The standard InChI is InChI=1S/C21H26FN7O5S/c1-35(31,32)10-9-34-28-16-5-7-29(8-6-16)20-25-11-15(12-26-20)17-4-2-3-14(18(17)22)13-33-21(30)27-19(23)24/h2-4,11-12H,5-10,13H2,1H3,(H4,23,24,27,30). The van der Waals surface area contributed by atoms with Gasteiger partial charge >= 0.3 is 6.09 Å². The van der Waals surface area contributed by atoms with Crippen molar-refractivity contribution in [2.24, 2.45) is 10.9 Å². The summed E-state index contributed by atoms with van der Waals surface area (Å²) in [5, 5.41) is 13.0. The average molecular weight is 508 g/mol. The molecular weight excluding hydrogens is 481 g/mol. The van der Waals surface area contributed by atoms with Gasteiger partial charge < -0.3 is 20.2 Å². The predicted molar refractivity (Wildman–Crippen MR) is 127 cm³/mol. The van der Waals surface area contributed by atoms with Crippen LogP contribution in [0.25, 0.3) is 11.1 Å². The second-order valence-electron chi connectivity index (χ2n) is 7.77. The number of carbonyl (C=O) groups excluding carboxylic acids is 1. The van der Waals surface area contributed by atoms with Crippen LogP contribution in [0, 0.1) is 11.2 Å². The number of carbonyl (C=O) groups is 1. The number of amides is 1. The minimum Gasteiger partial charge on any atom is -0.444 e. The predicted octanol–water partition coefficient (Wildman–Crippen LogP) is 1.42. The number of guanidine groups is 1. The Morgan fingerprint density at radius 2 is 1.97 bits per heavy atom. The molecule has 12 nitrogen and oxygen atoms in total. The van der Waals surface area contributed by atoms with Crippen LogP contribution in [0.15, 0.2) is 35.7 Å². The first kappa shape index (κ1) is 25.8. The average Bonchev–Trinajstić information content (AvgIpc) is 2.81. The number of benzene rings is 1. The molecule has 0 saturated carbocycles. The number of anilines is 1. The summed E-state index contributed by atoms with van der Waals surface area (Å²) in [7, 11) is -3.09. The number of nitrogens with two attached hydrogens (primary N) is 1. The van der Waals surface area contributed by atoms with Crippen LogP contribution in [0.4, 0.5) is 15.1 Å². The van der Waals surface area contributed by atoms with E-state index >= 15 is 0 Å². The monoisotopic (exact) mass is 507 g/mol. The number of piperidine rings is 1. The summed E-state index contributed by atoms with van der Waals surface area (Å²) in [6.45, 7) is 0.897. The number of halogens is 1. The molecule has 188 valence electrons. The molecule has 4 N–H and O–H groups in total. The summed E-state index contributed by atoms with van der Waals surface area (Å²) >= 11 is 0. The molecule has 2 heterocycles. The fourth-order valence-corrected chi connectivity index (χ4v) is 3.59. The molecule has 1 aliphatic rings. The third-order valence-corrected chi connectivity index (χ3v) is 5.89. The number of sulfone groups is 1. The molecule has 0 radical (unpaired) electrons. The van der Waals surface area contributed by atoms with E-state index in [0.717, 1.165) is 12.0 Å². The zero-order valence-electron chi connectivity index (χ0n) is 19.0. The first-order chi connectivity index (χ1) is 16.6. The van der Waals surface area contributed by atoms with Crippen LogP contribution < -0.4 is 16.0 Å². The van der Waals surface area contributed by atoms with Crippen molar-refractivity contribution in [2.75, 3.05) is 36.6 Å². The van der Waals surface area contributed by atoms with Crippen molar-refractivity contribution in [2.45, 2.75) is 19.4 Å². The third kappa shape index (κ3) is 7.88. The molecule has 0 atom stereocenters. The summed E-state index contributed by atoms with van der Waals surface area (Å²) in [4.78, 5) is 27.3. The molecule has 1 aromatic heterocycles. The molecule has 1 aliphatic heterocycles. The lowest BCUT2D eigenvalue weighted by Crippen LogP contribution is -2.36. The van der Waals surface area contributed by atoms with Gasteiger partial charge in [0.1, 0.15) is 19.0 Å². The number of hydrogen-bond donors (Lipinski definition) is 3. The normalized spacial score (nSPS) is 13.8. The van der Waals surface area contributed by atoms with E-state index in [9.17, 15) is 17.6 Å². The van der Waals surface area contributed by atoms with Crippen molar-refractivity contribution >= 4 is 33.6 Å². The lowest BCUT2D eigenvalue weighted by molar-refractivity contribution is 0.143. The fraction of sp³-hybridized carbons (Fsp3) is 0.381. The van der Waals surface area contributed by atoms with Gasteiger partial charge in [0.15, 0.2) is 15.8 Å². The van der Waals surface area contributed by atoms with E-state index in [4.69, 9.17) is 20.7 Å². The minimum atomic E-state index is -3.09. The van der Waals surface area contributed by atoms with E-state index < -0.39 is 27.7 Å². The first-order valence-corrected chi connectivity index (χ1v) is 12.7. The highest BCUT2D eigenvalue weighted by Gasteiger charge is 2.19. The van der Waals surface area contributed by atoms with Gasteiger partial charge in [0.05, 0.1) is 11.5 Å². The second-order valence-corrected chi connectivity index (χ2v) is 10.0. The van der Waals surface area contributed by atoms with Gasteiger partial charge in [-0.2, -0.15) is 0 Å². The highest BCUT2D eigenvalue weighted by Crippen LogP contribution is 2.25. The molecule has 14 heteroatoms. The number of rotatable bonds is 8. The molecule has 0 unspecified atom stereocenters. The highest BCUT2D eigenvalue weighted by atomic mass is 32.2. The molecular formula is C21H26FN7O5S. The lowest BCUT2D eigenvalue weighted by atomic mass is 10.1. The van der Waals surface area contributed by atoms with Gasteiger partial charge in [-0.1, -0.05) is 23.4 Å². The molecule has 2 aromatic rings. The Morgan fingerprint density at radius 1 is 1.29 bits per heavy atom. The summed E-state index contributed by atoms with van der Waals surface area (Å²) in [5.41, 5.74) is 6.75. The summed E-state index contributed by atoms with van der Waals surface area (Å²) in [6.07, 6.45) is 4.48. The molecule has 1 saturated heterocycles. The van der Waals surface area contributed by atoms with Crippen LogP contribution in [0.3, 0.4) is 0 Å². The SMILES string of the molecule is CS(=O)(=O)CCON=C1CCN(c2ncc(-c3cccc(COC(=O)NC(=N)N)c3F)cn2)CC1. The molecule has 35 heavy (non-hydrogen) atoms. The van der Waals surface area contributed by atoms with E-state index in [1.807, 2.05) is 10.2 Å². The molecule has 0 aliphatic carbocycles. The number of nitrogens with one attached hydrogen (secondary N) is 2. The number of oxime groups is 1. The van der Waals surface area contributed by atoms with Gasteiger partial charge in [-0.15, -0.1) is 0 Å². The summed E-state index contributed by atoms with van der Waals surface area (Å²) < 4.78 is 42.1. The number of alkyl carbamates (subject to hydrolysis) is 1. The van der Waals surface area contributed by atoms with Gasteiger partial charge in [-0.05, 0) is 0 Å². The largest absolute Gasteiger partial charge is 0.444 e. The fourth-order valence-electron chi connectivity index (χ4n) is 3.21. The Balaban J connectivity index is 1.58. The number of nitrogens with zero attached hydrogens (tertiary/aromatic N) is 4. The number of ether oxygens (including phenoxy) is 1. The van der Waals surface area contributed by atoms with Crippen molar-refractivity contribution in [3.63, 3.8) is 0 Å². The third-order valence-electron chi connectivity index (χ3n) is 4.99. The van der Waals surface area contributed by atoms with Crippen LogP contribution in [-0.4, -0.2) is 67.9 Å². The van der Waals surface area contributed by atoms with Gasteiger partial charge in [0, 0.05) is 61.3 Å². The van der Waals surface area contributed by atoms with E-state index in [-0.39, 0.29) is 30.1 Å². The minimum absolute atomic E-state index is 0.0200. The quantitative estimate of drug-likeness (QED) is 0.207. The smallest absolute Gasteiger partial charge is 0.414 e. The molecule has 1 fully saturated rings. The number of hydrogen-bond acceptors (Lipinski definition) is 10. The molecule has 0 spiro atoms. The Bertz CT molecular complexity index is 1200. The van der Waals surface area contributed by atoms with Gasteiger partial charge in [-0.25, -0.2) is 27.6 Å². The number of aromatic nitrogens is 2. The summed E-state index contributed by atoms with van der Waals surface area (Å²) in [5.74, 6) is -0.737. The summed E-state index contributed by atoms with van der Waals surface area (Å²) in [6, 6.07) is 4.67. The van der Waals surface area contributed by atoms with Gasteiger partial charge in [0.2, 0.25) is 5.95 Å². The van der Waals surface area contributed by atoms with Crippen LogP contribution in [0.5, 0.6) is 0 Å². The van der Waals surface area contributed by atoms with E-state index in [1.54, 1.807) is 12.1 Å².